The molecule has 0 radical (unpaired) electrons. The van der Waals surface area contributed by atoms with E-state index in [4.69, 9.17) is 27.6 Å². The van der Waals surface area contributed by atoms with E-state index in [9.17, 15) is 9.59 Å². The summed E-state index contributed by atoms with van der Waals surface area (Å²) in [5.74, 6) is -0.299. The van der Waals surface area contributed by atoms with Crippen LogP contribution >= 0.6 is 23.2 Å². The second-order valence-electron chi connectivity index (χ2n) is 7.46. The molecule has 1 aliphatic rings. The van der Waals surface area contributed by atoms with Gasteiger partial charge >= 0.3 is 0 Å². The zero-order chi connectivity index (χ0) is 21.7. The third kappa shape index (κ3) is 3.23. The number of nitrogens with zero attached hydrogens (tertiary/aromatic N) is 1. The highest BCUT2D eigenvalue weighted by Gasteiger charge is 2.43. The Morgan fingerprint density at radius 1 is 0.903 bits per heavy atom. The number of benzene rings is 3. The molecule has 1 amide bonds. The molecule has 6 heteroatoms. The fourth-order valence-electron chi connectivity index (χ4n) is 4.06. The normalized spacial score (nSPS) is 15.5. The van der Waals surface area contributed by atoms with Crippen molar-refractivity contribution in [2.75, 3.05) is 4.90 Å². The van der Waals surface area contributed by atoms with Crippen LogP contribution in [0, 0.1) is 0 Å². The minimum atomic E-state index is -0.633. The predicted octanol–water partition coefficient (Wildman–Crippen LogP) is 6.41. The number of anilines is 1. The number of amides is 1. The number of carbonyl (C=O) groups is 1. The van der Waals surface area contributed by atoms with Crippen LogP contribution in [0.25, 0.3) is 11.0 Å². The molecule has 4 aromatic rings. The molecule has 0 fully saturated rings. The molecule has 0 saturated heterocycles. The van der Waals surface area contributed by atoms with Crippen molar-refractivity contribution >= 4 is 45.8 Å². The van der Waals surface area contributed by atoms with Crippen molar-refractivity contribution in [2.24, 2.45) is 0 Å². The molecule has 0 N–H and O–H groups in total. The predicted molar refractivity (Wildman–Crippen MR) is 123 cm³/mol. The standard InChI is InChI=1S/C25H17Cl2NO3/c1-2-14-3-10-18(11-4-14)28-22(15-5-7-16(26)8-6-15)21-23(29)19-13-17(27)9-12-20(19)31-24(21)25(28)30/h3-13,22H,2H2,1H3. The SMILES string of the molecule is CCc1ccc(N2C(=O)c3oc4ccc(Cl)cc4c(=O)c3C2c2ccc(Cl)cc2)cc1. The maximum absolute atomic E-state index is 13.5. The summed E-state index contributed by atoms with van der Waals surface area (Å²) in [6.45, 7) is 2.07. The Balaban J connectivity index is 1.78. The molecule has 0 bridgehead atoms. The van der Waals surface area contributed by atoms with Gasteiger partial charge in [-0.2, -0.15) is 0 Å². The lowest BCUT2D eigenvalue weighted by Crippen LogP contribution is -2.29. The van der Waals surface area contributed by atoms with E-state index in [1.54, 1.807) is 35.2 Å². The van der Waals surface area contributed by atoms with Gasteiger partial charge in [0.2, 0.25) is 5.76 Å². The summed E-state index contributed by atoms with van der Waals surface area (Å²) in [4.78, 5) is 28.6. The first-order valence-electron chi connectivity index (χ1n) is 9.92. The molecule has 1 aromatic heterocycles. The van der Waals surface area contributed by atoms with Crippen molar-refractivity contribution in [1.29, 1.82) is 0 Å². The molecule has 31 heavy (non-hydrogen) atoms. The van der Waals surface area contributed by atoms with E-state index in [1.807, 2.05) is 36.4 Å². The number of aryl methyl sites for hydroxylation is 1. The molecule has 0 saturated carbocycles. The van der Waals surface area contributed by atoms with Crippen LogP contribution in [0.5, 0.6) is 0 Å². The van der Waals surface area contributed by atoms with Crippen LogP contribution in [0.15, 0.2) is 75.9 Å². The lowest BCUT2D eigenvalue weighted by molar-refractivity contribution is 0.0971. The Morgan fingerprint density at radius 3 is 2.26 bits per heavy atom. The summed E-state index contributed by atoms with van der Waals surface area (Å²) in [7, 11) is 0. The second kappa shape index (κ2) is 7.56. The lowest BCUT2D eigenvalue weighted by Gasteiger charge is -2.25. The van der Waals surface area contributed by atoms with Gasteiger partial charge in [-0.1, -0.05) is 54.4 Å². The van der Waals surface area contributed by atoms with Crippen LogP contribution in [0.1, 0.15) is 40.2 Å². The first-order chi connectivity index (χ1) is 15.0. The van der Waals surface area contributed by atoms with Crippen LogP contribution in [0.3, 0.4) is 0 Å². The van der Waals surface area contributed by atoms with E-state index < -0.39 is 6.04 Å². The lowest BCUT2D eigenvalue weighted by atomic mass is 9.98. The van der Waals surface area contributed by atoms with Gasteiger partial charge in [0.15, 0.2) is 5.43 Å². The summed E-state index contributed by atoms with van der Waals surface area (Å²) >= 11 is 12.2. The van der Waals surface area contributed by atoms with E-state index in [1.165, 1.54) is 0 Å². The highest BCUT2D eigenvalue weighted by atomic mass is 35.5. The van der Waals surface area contributed by atoms with Gasteiger partial charge in [-0.15, -0.1) is 0 Å². The Morgan fingerprint density at radius 2 is 1.58 bits per heavy atom. The third-order valence-corrected chi connectivity index (χ3v) is 6.13. The van der Waals surface area contributed by atoms with E-state index >= 15 is 0 Å². The Bertz CT molecular complexity index is 1380. The first-order valence-corrected chi connectivity index (χ1v) is 10.7. The van der Waals surface area contributed by atoms with Crippen molar-refractivity contribution in [3.05, 3.63) is 109 Å². The number of fused-ring (bicyclic) bond motifs is 2. The van der Waals surface area contributed by atoms with Crippen LogP contribution < -0.4 is 10.3 Å². The van der Waals surface area contributed by atoms with Gasteiger partial charge in [0.25, 0.3) is 5.91 Å². The Kier molecular flexibility index (Phi) is 4.84. The van der Waals surface area contributed by atoms with Gasteiger partial charge in [0.1, 0.15) is 5.58 Å². The third-order valence-electron chi connectivity index (χ3n) is 5.64. The van der Waals surface area contributed by atoms with Crippen molar-refractivity contribution in [3.63, 3.8) is 0 Å². The van der Waals surface area contributed by atoms with Crippen molar-refractivity contribution in [3.8, 4) is 0 Å². The number of hydrogen-bond acceptors (Lipinski definition) is 3. The van der Waals surface area contributed by atoms with Gasteiger partial charge in [-0.05, 0) is 60.0 Å². The van der Waals surface area contributed by atoms with Gasteiger partial charge in [0.05, 0.1) is 17.0 Å². The molecule has 2 heterocycles. The minimum absolute atomic E-state index is 0.0549. The van der Waals surface area contributed by atoms with Gasteiger partial charge < -0.3 is 4.42 Å². The van der Waals surface area contributed by atoms with Crippen molar-refractivity contribution in [1.82, 2.24) is 0 Å². The molecule has 0 spiro atoms. The van der Waals surface area contributed by atoms with Crippen LogP contribution in [-0.2, 0) is 6.42 Å². The van der Waals surface area contributed by atoms with Crippen LogP contribution in [-0.4, -0.2) is 5.91 Å². The van der Waals surface area contributed by atoms with Gasteiger partial charge in [-0.25, -0.2) is 0 Å². The second-order valence-corrected chi connectivity index (χ2v) is 8.34. The molecule has 4 nitrogen and oxygen atoms in total. The highest BCUT2D eigenvalue weighted by Crippen LogP contribution is 2.41. The average Bonchev–Trinajstić information content (AvgIpc) is 3.07. The molecule has 3 aromatic carbocycles. The van der Waals surface area contributed by atoms with E-state index in [-0.39, 0.29) is 17.1 Å². The maximum Gasteiger partial charge on any atom is 0.295 e. The van der Waals surface area contributed by atoms with E-state index in [2.05, 4.69) is 6.92 Å². The monoisotopic (exact) mass is 449 g/mol. The van der Waals surface area contributed by atoms with Crippen LogP contribution in [0.4, 0.5) is 5.69 Å². The molecular formula is C25H17Cl2NO3. The van der Waals surface area contributed by atoms with Crippen LogP contribution in [0.2, 0.25) is 10.0 Å². The largest absolute Gasteiger partial charge is 0.450 e. The number of rotatable bonds is 3. The zero-order valence-electron chi connectivity index (χ0n) is 16.6. The summed E-state index contributed by atoms with van der Waals surface area (Å²) < 4.78 is 5.95. The maximum atomic E-state index is 13.5. The van der Waals surface area contributed by atoms with Gasteiger partial charge in [-0.3, -0.25) is 14.5 Å². The van der Waals surface area contributed by atoms with Crippen molar-refractivity contribution in [2.45, 2.75) is 19.4 Å². The quantitative estimate of drug-likeness (QED) is 0.362. The molecular weight excluding hydrogens is 433 g/mol. The molecule has 0 aliphatic carbocycles. The molecule has 5 rings (SSSR count). The fourth-order valence-corrected chi connectivity index (χ4v) is 4.36. The summed E-state index contributed by atoms with van der Waals surface area (Å²) in [5, 5.41) is 1.35. The average molecular weight is 450 g/mol. The smallest absolute Gasteiger partial charge is 0.295 e. The zero-order valence-corrected chi connectivity index (χ0v) is 18.1. The molecule has 1 atom stereocenters. The van der Waals surface area contributed by atoms with Crippen molar-refractivity contribution < 1.29 is 9.21 Å². The molecule has 1 aliphatic heterocycles. The minimum Gasteiger partial charge on any atom is -0.450 e. The molecule has 1 unspecified atom stereocenters. The Hall–Kier alpha value is -3.08. The topological polar surface area (TPSA) is 50.5 Å². The Labute approximate surface area is 188 Å². The number of hydrogen-bond donors (Lipinski definition) is 0. The fraction of sp³-hybridized carbons (Fsp3) is 0.120. The summed E-state index contributed by atoms with van der Waals surface area (Å²) in [6, 6.07) is 19.1. The first kappa shape index (κ1) is 19.9. The highest BCUT2D eigenvalue weighted by molar-refractivity contribution is 6.31. The summed E-state index contributed by atoms with van der Waals surface area (Å²) in [5.41, 5.74) is 2.99. The number of carbonyl (C=O) groups excluding carboxylic acids is 1. The van der Waals surface area contributed by atoms with Gasteiger partial charge in [0, 0.05) is 15.7 Å². The summed E-state index contributed by atoms with van der Waals surface area (Å²) in [6.07, 6.45) is 0.890. The van der Waals surface area contributed by atoms with E-state index in [0.717, 1.165) is 17.5 Å². The van der Waals surface area contributed by atoms with E-state index in [0.29, 0.717) is 32.3 Å². The number of halogens is 2. The molecule has 154 valence electrons.